The molecule has 5 rings (SSSR count). The van der Waals surface area contributed by atoms with Gasteiger partial charge >= 0.3 is 12.1 Å². The smallest absolute Gasteiger partial charge is 0.432 e. The van der Waals surface area contributed by atoms with E-state index in [4.69, 9.17) is 49.0 Å². The normalized spacial score (nSPS) is 16.4. The topological polar surface area (TPSA) is 97.3 Å². The first-order valence-corrected chi connectivity index (χ1v) is 17.2. The van der Waals surface area contributed by atoms with Crippen molar-refractivity contribution in [2.45, 2.75) is 39.8 Å². The van der Waals surface area contributed by atoms with E-state index in [1.54, 1.807) is 61.5 Å². The highest BCUT2D eigenvalue weighted by atomic mass is 79.9. The molecular formula is C37H30BrCl3F3N3O4. The van der Waals surface area contributed by atoms with Crippen molar-refractivity contribution in [1.82, 2.24) is 4.57 Å². The number of carbonyl (C=O) groups is 1. The Morgan fingerprint density at radius 3 is 2.25 bits per heavy atom. The zero-order valence-electron chi connectivity index (χ0n) is 27.3. The number of rotatable bonds is 10. The van der Waals surface area contributed by atoms with Crippen LogP contribution in [0.4, 0.5) is 13.2 Å². The molecule has 0 N–H and O–H groups in total. The minimum absolute atomic E-state index is 0.0978. The third-order valence-electron chi connectivity index (χ3n) is 8.09. The summed E-state index contributed by atoms with van der Waals surface area (Å²) in [5, 5.41) is 19.3. The first-order valence-electron chi connectivity index (χ1n) is 15.3. The molecule has 1 aliphatic rings. The van der Waals surface area contributed by atoms with Gasteiger partial charge in [-0.3, -0.25) is 4.79 Å². The Hall–Kier alpha value is -3.97. The number of halogens is 7. The second-order valence-corrected chi connectivity index (χ2v) is 14.0. The molecule has 3 aromatic carbocycles. The molecule has 3 unspecified atom stereocenters. The molecular weight excluding hydrogens is 794 g/mol. The Kier molecular flexibility index (Phi) is 13.3. The van der Waals surface area contributed by atoms with E-state index in [0.717, 1.165) is 4.57 Å². The summed E-state index contributed by atoms with van der Waals surface area (Å²) in [4.78, 5) is 12.6. The summed E-state index contributed by atoms with van der Waals surface area (Å²) >= 11 is 20.2. The lowest BCUT2D eigenvalue weighted by molar-refractivity contribution is -0.149. The van der Waals surface area contributed by atoms with Gasteiger partial charge in [0.05, 0.1) is 21.6 Å². The Labute approximate surface area is 316 Å². The lowest BCUT2D eigenvalue weighted by Crippen LogP contribution is -2.16. The van der Waals surface area contributed by atoms with Gasteiger partial charge in [0.25, 0.3) is 0 Å². The molecule has 4 aromatic rings. The summed E-state index contributed by atoms with van der Waals surface area (Å²) in [5.74, 6) is 0.289. The summed E-state index contributed by atoms with van der Waals surface area (Å²) in [6.07, 6.45) is -4.02. The van der Waals surface area contributed by atoms with Crippen LogP contribution in [-0.4, -0.2) is 17.1 Å². The Morgan fingerprint density at radius 2 is 1.69 bits per heavy atom. The number of nitrogens with zero attached hydrogens (tertiary/aromatic N) is 3. The van der Waals surface area contributed by atoms with Crippen LogP contribution in [0.2, 0.25) is 5.02 Å². The molecule has 51 heavy (non-hydrogen) atoms. The molecule has 0 bridgehead atoms. The summed E-state index contributed by atoms with van der Waals surface area (Å²) in [6.45, 7) is 5.48. The van der Waals surface area contributed by atoms with Crippen LogP contribution in [0.3, 0.4) is 0 Å². The molecule has 7 nitrogen and oxygen atoms in total. The number of hydrogen-bond acceptors (Lipinski definition) is 6. The van der Waals surface area contributed by atoms with Crippen molar-refractivity contribution in [2.75, 3.05) is 6.61 Å². The number of benzene rings is 3. The first-order chi connectivity index (χ1) is 24.1. The van der Waals surface area contributed by atoms with Crippen LogP contribution in [-0.2, 0) is 27.2 Å². The van der Waals surface area contributed by atoms with E-state index in [9.17, 15) is 28.5 Å². The number of alkyl halides is 3. The fraction of sp³-hybridized carbons (Fsp3) is 0.270. The molecule has 3 atom stereocenters. The van der Waals surface area contributed by atoms with E-state index < -0.39 is 23.9 Å². The van der Waals surface area contributed by atoms with Crippen LogP contribution in [0, 0.1) is 39.9 Å². The van der Waals surface area contributed by atoms with E-state index in [1.165, 1.54) is 0 Å². The third-order valence-corrected chi connectivity index (χ3v) is 9.36. The summed E-state index contributed by atoms with van der Waals surface area (Å²) in [7, 11) is 0. The number of hydrogen-bond donors (Lipinski definition) is 0. The van der Waals surface area contributed by atoms with Gasteiger partial charge in [0.1, 0.15) is 40.6 Å². The number of aromatic nitrogens is 1. The van der Waals surface area contributed by atoms with E-state index in [1.807, 2.05) is 56.3 Å². The fourth-order valence-corrected chi connectivity index (χ4v) is 6.60. The monoisotopic (exact) mass is 821 g/mol. The Balaban J connectivity index is 0.000000233. The fourth-order valence-electron chi connectivity index (χ4n) is 5.49. The number of nitriles is 2. The lowest BCUT2D eigenvalue weighted by Gasteiger charge is -2.15. The molecule has 0 amide bonds. The maximum absolute atomic E-state index is 13.4. The van der Waals surface area contributed by atoms with Crippen LogP contribution in [0.1, 0.15) is 43.7 Å². The standard InChI is InChI=1S/C22H19Cl2NO3.C15H11BrClF3N2O/c1-22(2)17(12-19(23)24)20(22)21(26)28-18(13-25)14-7-6-10-16(11-14)27-15-8-4-3-5-9-15;1-2-23-8-22-13(9-3-5-10(17)6-4-9)11(7-21)12(16)14(22)15(18,19)20/h3-12,17-18,20H,1-2H3;3-6H,2,8H2,1H3. The first kappa shape index (κ1) is 39.8. The lowest BCUT2D eigenvalue weighted by atomic mass is 10.1. The maximum Gasteiger partial charge on any atom is 0.432 e. The molecule has 1 heterocycles. The zero-order valence-corrected chi connectivity index (χ0v) is 31.2. The van der Waals surface area contributed by atoms with Crippen LogP contribution in [0.25, 0.3) is 11.3 Å². The highest BCUT2D eigenvalue weighted by Gasteiger charge is 2.62. The van der Waals surface area contributed by atoms with Crippen LogP contribution in [0.15, 0.2) is 93.9 Å². The predicted molar refractivity (Wildman–Crippen MR) is 192 cm³/mol. The number of para-hydroxylation sites is 1. The van der Waals surface area contributed by atoms with Gasteiger partial charge in [-0.25, -0.2) is 0 Å². The van der Waals surface area contributed by atoms with Crippen molar-refractivity contribution in [3.8, 4) is 34.9 Å². The van der Waals surface area contributed by atoms with Gasteiger partial charge in [0.2, 0.25) is 6.10 Å². The third kappa shape index (κ3) is 9.68. The number of ether oxygens (including phenoxy) is 3. The molecule has 1 saturated carbocycles. The molecule has 0 saturated heterocycles. The van der Waals surface area contributed by atoms with E-state index in [2.05, 4.69) is 15.9 Å². The molecule has 14 heteroatoms. The van der Waals surface area contributed by atoms with Gasteiger partial charge in [-0.15, -0.1) is 0 Å². The van der Waals surface area contributed by atoms with Crippen molar-refractivity contribution in [3.05, 3.63) is 116 Å². The largest absolute Gasteiger partial charge is 0.457 e. The highest BCUT2D eigenvalue weighted by molar-refractivity contribution is 9.10. The minimum atomic E-state index is -4.63. The van der Waals surface area contributed by atoms with Crippen LogP contribution in [0.5, 0.6) is 11.5 Å². The SMILES string of the molecule is CC1(C)C(C=C(Cl)Cl)C1C(=O)OC(C#N)c1cccc(Oc2ccccc2)c1.CCOCn1c(-c2ccc(Cl)cc2)c(C#N)c(Br)c1C(F)(F)F. The Morgan fingerprint density at radius 1 is 1.04 bits per heavy atom. The van der Waals surface area contributed by atoms with Crippen molar-refractivity contribution in [2.24, 2.45) is 17.3 Å². The highest BCUT2D eigenvalue weighted by Crippen LogP contribution is 2.60. The molecule has 0 aliphatic heterocycles. The van der Waals surface area contributed by atoms with Gasteiger partial charge < -0.3 is 18.8 Å². The molecule has 1 aromatic heterocycles. The molecule has 1 aliphatic carbocycles. The van der Waals surface area contributed by atoms with Gasteiger partial charge in [-0.05, 0) is 82.2 Å². The van der Waals surface area contributed by atoms with E-state index >= 15 is 0 Å². The van der Waals surface area contributed by atoms with Crippen molar-refractivity contribution >= 4 is 56.7 Å². The summed E-state index contributed by atoms with van der Waals surface area (Å²) < 4.78 is 57.4. The summed E-state index contributed by atoms with van der Waals surface area (Å²) in [5.41, 5.74) is -0.236. The van der Waals surface area contributed by atoms with Gasteiger partial charge in [0, 0.05) is 17.2 Å². The molecule has 266 valence electrons. The number of carbonyl (C=O) groups excluding carboxylic acids is 1. The van der Waals surface area contributed by atoms with Gasteiger partial charge in [-0.1, -0.05) is 91.1 Å². The number of esters is 1. The molecule has 1 fully saturated rings. The minimum Gasteiger partial charge on any atom is -0.457 e. The number of allylic oxidation sites excluding steroid dienone is 1. The predicted octanol–water partition coefficient (Wildman–Crippen LogP) is 11.6. The maximum atomic E-state index is 13.4. The summed E-state index contributed by atoms with van der Waals surface area (Å²) in [6, 6.07) is 26.4. The average Bonchev–Trinajstić information content (AvgIpc) is 3.48. The Bertz CT molecular complexity index is 1970. The average molecular weight is 824 g/mol. The second kappa shape index (κ2) is 17.0. The van der Waals surface area contributed by atoms with Crippen molar-refractivity contribution in [1.29, 1.82) is 10.5 Å². The van der Waals surface area contributed by atoms with Crippen LogP contribution < -0.4 is 4.74 Å². The van der Waals surface area contributed by atoms with Crippen molar-refractivity contribution < 1.29 is 32.2 Å². The van der Waals surface area contributed by atoms with Gasteiger partial charge in [0.15, 0.2) is 0 Å². The van der Waals surface area contributed by atoms with E-state index in [-0.39, 0.29) is 50.8 Å². The van der Waals surface area contributed by atoms with Crippen molar-refractivity contribution in [3.63, 3.8) is 0 Å². The van der Waals surface area contributed by atoms with E-state index in [0.29, 0.717) is 27.6 Å². The van der Waals surface area contributed by atoms with Crippen LogP contribution >= 0.6 is 50.7 Å². The quantitative estimate of drug-likeness (QED) is 0.148. The zero-order chi connectivity index (χ0) is 37.5. The molecule has 0 spiro atoms. The molecule has 0 radical (unpaired) electrons. The second-order valence-electron chi connectivity index (χ2n) is 11.8. The van der Waals surface area contributed by atoms with Gasteiger partial charge in [-0.2, -0.15) is 23.7 Å².